The molecule has 4 N–H and O–H groups in total. The molecule has 0 aromatic rings. The zero-order valence-corrected chi connectivity index (χ0v) is 10.5. The van der Waals surface area contributed by atoms with Crippen LogP contribution in [0.5, 0.6) is 0 Å². The van der Waals surface area contributed by atoms with E-state index in [1.165, 1.54) is 0 Å². The van der Waals surface area contributed by atoms with Gasteiger partial charge in [-0.3, -0.25) is 9.59 Å². The number of hydrogen-bond acceptors (Lipinski definition) is 4. The highest BCUT2D eigenvalue weighted by molar-refractivity contribution is 5.82. The number of amides is 2. The molecule has 2 aliphatic heterocycles. The Labute approximate surface area is 107 Å². The van der Waals surface area contributed by atoms with Gasteiger partial charge in [0.25, 0.3) is 0 Å². The molecular weight excluding hydrogens is 234 g/mol. The van der Waals surface area contributed by atoms with Crippen molar-refractivity contribution in [2.75, 3.05) is 13.1 Å². The van der Waals surface area contributed by atoms with Crippen molar-refractivity contribution < 1.29 is 14.3 Å². The summed E-state index contributed by atoms with van der Waals surface area (Å²) in [5.74, 6) is -0.390. The Morgan fingerprint density at radius 2 is 2.11 bits per heavy atom. The molecule has 2 aliphatic rings. The molecule has 3 unspecified atom stereocenters. The number of nitrogens with one attached hydrogen (secondary N) is 2. The number of piperidine rings is 1. The number of carbonyl (C=O) groups is 2. The van der Waals surface area contributed by atoms with E-state index >= 15 is 0 Å². The third-order valence-electron chi connectivity index (χ3n) is 3.56. The lowest BCUT2D eigenvalue weighted by Crippen LogP contribution is -2.48. The summed E-state index contributed by atoms with van der Waals surface area (Å²) in [5.41, 5.74) is 5.17. The van der Waals surface area contributed by atoms with E-state index in [1.807, 2.05) is 0 Å². The molecular formula is C12H21N3O3. The average Bonchev–Trinajstić information content (AvgIpc) is 2.86. The summed E-state index contributed by atoms with van der Waals surface area (Å²) in [5, 5.41) is 6.07. The van der Waals surface area contributed by atoms with Crippen LogP contribution in [0.15, 0.2) is 0 Å². The highest BCUT2D eigenvalue weighted by atomic mass is 16.5. The topological polar surface area (TPSA) is 93.5 Å². The van der Waals surface area contributed by atoms with Crippen LogP contribution in [0.3, 0.4) is 0 Å². The summed E-state index contributed by atoms with van der Waals surface area (Å²) >= 11 is 0. The number of carbonyl (C=O) groups excluding carboxylic acids is 2. The molecule has 0 radical (unpaired) electrons. The SMILES string of the molecule is NC(=O)C1CCC(CNC(=O)C2CCCCN2)O1. The molecule has 6 heteroatoms. The van der Waals surface area contributed by atoms with E-state index in [0.717, 1.165) is 32.2 Å². The molecule has 2 heterocycles. The van der Waals surface area contributed by atoms with Crippen molar-refractivity contribution in [3.8, 4) is 0 Å². The minimum absolute atomic E-state index is 0.0285. The van der Waals surface area contributed by atoms with Crippen LogP contribution in [0, 0.1) is 0 Å². The summed E-state index contributed by atoms with van der Waals surface area (Å²) in [7, 11) is 0. The lowest BCUT2D eigenvalue weighted by molar-refractivity contribution is -0.129. The Morgan fingerprint density at radius 3 is 2.72 bits per heavy atom. The van der Waals surface area contributed by atoms with Crippen LogP contribution in [0.25, 0.3) is 0 Å². The smallest absolute Gasteiger partial charge is 0.246 e. The van der Waals surface area contributed by atoms with Crippen molar-refractivity contribution >= 4 is 11.8 Å². The second-order valence-electron chi connectivity index (χ2n) is 4.97. The molecule has 3 atom stereocenters. The Kier molecular flexibility index (Phi) is 4.54. The fourth-order valence-electron chi connectivity index (χ4n) is 2.48. The molecule has 2 amide bonds. The van der Waals surface area contributed by atoms with Crippen molar-refractivity contribution in [2.45, 2.75) is 50.4 Å². The van der Waals surface area contributed by atoms with Crippen LogP contribution < -0.4 is 16.4 Å². The van der Waals surface area contributed by atoms with Crippen molar-refractivity contribution in [2.24, 2.45) is 5.73 Å². The van der Waals surface area contributed by atoms with E-state index in [-0.39, 0.29) is 18.1 Å². The van der Waals surface area contributed by atoms with Gasteiger partial charge in [-0.2, -0.15) is 0 Å². The van der Waals surface area contributed by atoms with Gasteiger partial charge in [-0.1, -0.05) is 6.42 Å². The molecule has 0 aliphatic carbocycles. The van der Waals surface area contributed by atoms with Gasteiger partial charge in [0.15, 0.2) is 0 Å². The van der Waals surface area contributed by atoms with Gasteiger partial charge in [0.1, 0.15) is 6.10 Å². The van der Waals surface area contributed by atoms with Gasteiger partial charge < -0.3 is 21.1 Å². The Balaban J connectivity index is 1.68. The number of ether oxygens (including phenoxy) is 1. The third kappa shape index (κ3) is 3.43. The molecule has 2 rings (SSSR count). The van der Waals surface area contributed by atoms with Gasteiger partial charge in [-0.15, -0.1) is 0 Å². The van der Waals surface area contributed by atoms with Crippen molar-refractivity contribution in [3.63, 3.8) is 0 Å². The summed E-state index contributed by atoms with van der Waals surface area (Å²) in [4.78, 5) is 22.8. The quantitative estimate of drug-likeness (QED) is 0.618. The van der Waals surface area contributed by atoms with Gasteiger partial charge >= 0.3 is 0 Å². The Bertz CT molecular complexity index is 316. The van der Waals surface area contributed by atoms with Crippen molar-refractivity contribution in [1.29, 1.82) is 0 Å². The first-order valence-electron chi connectivity index (χ1n) is 6.62. The predicted molar refractivity (Wildman–Crippen MR) is 65.7 cm³/mol. The number of primary amides is 1. The van der Waals surface area contributed by atoms with Crippen LogP contribution in [-0.2, 0) is 14.3 Å². The highest BCUT2D eigenvalue weighted by Gasteiger charge is 2.30. The predicted octanol–water partition coefficient (Wildman–Crippen LogP) is -0.722. The van der Waals surface area contributed by atoms with Gasteiger partial charge in [0.2, 0.25) is 11.8 Å². The minimum Gasteiger partial charge on any atom is -0.367 e. The molecule has 0 spiro atoms. The number of nitrogens with two attached hydrogens (primary N) is 1. The van der Waals surface area contributed by atoms with Crippen LogP contribution in [-0.4, -0.2) is 43.2 Å². The molecule has 0 saturated carbocycles. The van der Waals surface area contributed by atoms with E-state index in [4.69, 9.17) is 10.5 Å². The zero-order chi connectivity index (χ0) is 13.0. The largest absolute Gasteiger partial charge is 0.367 e. The molecule has 6 nitrogen and oxygen atoms in total. The highest BCUT2D eigenvalue weighted by Crippen LogP contribution is 2.18. The van der Waals surface area contributed by atoms with Gasteiger partial charge in [-0.05, 0) is 32.2 Å². The van der Waals surface area contributed by atoms with Crippen LogP contribution in [0.4, 0.5) is 0 Å². The molecule has 0 aromatic carbocycles. The maximum atomic E-state index is 11.8. The first-order chi connectivity index (χ1) is 8.66. The van der Waals surface area contributed by atoms with Crippen LogP contribution in [0.2, 0.25) is 0 Å². The van der Waals surface area contributed by atoms with E-state index < -0.39 is 12.0 Å². The monoisotopic (exact) mass is 255 g/mol. The minimum atomic E-state index is -0.486. The average molecular weight is 255 g/mol. The summed E-state index contributed by atoms with van der Waals surface area (Å²) in [6, 6.07) is -0.0768. The molecule has 2 fully saturated rings. The van der Waals surface area contributed by atoms with Gasteiger partial charge in [0, 0.05) is 6.54 Å². The maximum Gasteiger partial charge on any atom is 0.246 e. The second kappa shape index (κ2) is 6.15. The fourth-order valence-corrected chi connectivity index (χ4v) is 2.48. The molecule has 0 aromatic heterocycles. The lowest BCUT2D eigenvalue weighted by atomic mass is 10.0. The fraction of sp³-hybridized carbons (Fsp3) is 0.833. The first-order valence-corrected chi connectivity index (χ1v) is 6.62. The number of hydrogen-bond donors (Lipinski definition) is 3. The molecule has 102 valence electrons. The van der Waals surface area contributed by atoms with Crippen LogP contribution in [0.1, 0.15) is 32.1 Å². The van der Waals surface area contributed by atoms with Gasteiger partial charge in [-0.25, -0.2) is 0 Å². The molecule has 18 heavy (non-hydrogen) atoms. The van der Waals surface area contributed by atoms with Gasteiger partial charge in [0.05, 0.1) is 12.1 Å². The Morgan fingerprint density at radius 1 is 1.28 bits per heavy atom. The lowest BCUT2D eigenvalue weighted by Gasteiger charge is -2.23. The van der Waals surface area contributed by atoms with E-state index in [2.05, 4.69) is 10.6 Å². The maximum absolute atomic E-state index is 11.8. The Hall–Kier alpha value is -1.14. The van der Waals surface area contributed by atoms with Crippen molar-refractivity contribution in [3.05, 3.63) is 0 Å². The van der Waals surface area contributed by atoms with Crippen LogP contribution >= 0.6 is 0 Å². The van der Waals surface area contributed by atoms with E-state index in [1.54, 1.807) is 0 Å². The first kappa shape index (κ1) is 13.3. The molecule has 0 bridgehead atoms. The summed E-state index contributed by atoms with van der Waals surface area (Å²) in [6.45, 7) is 1.36. The third-order valence-corrected chi connectivity index (χ3v) is 3.56. The zero-order valence-electron chi connectivity index (χ0n) is 10.5. The number of rotatable bonds is 4. The summed E-state index contributed by atoms with van der Waals surface area (Å²) in [6.07, 6.45) is 3.96. The standard InChI is InChI=1S/C12H21N3O3/c13-11(16)10-5-4-8(18-10)7-15-12(17)9-3-1-2-6-14-9/h8-10,14H,1-7H2,(H2,13,16)(H,15,17). The normalized spacial score (nSPS) is 32.1. The van der Waals surface area contributed by atoms with E-state index in [9.17, 15) is 9.59 Å². The van der Waals surface area contributed by atoms with E-state index in [0.29, 0.717) is 13.0 Å². The summed E-state index contributed by atoms with van der Waals surface area (Å²) < 4.78 is 5.45. The molecule has 2 saturated heterocycles. The van der Waals surface area contributed by atoms with Crippen molar-refractivity contribution in [1.82, 2.24) is 10.6 Å². The second-order valence-corrected chi connectivity index (χ2v) is 4.97.